The lowest BCUT2D eigenvalue weighted by molar-refractivity contribution is 0.102. The van der Waals surface area contributed by atoms with Gasteiger partial charge in [0.25, 0.3) is 5.91 Å². The van der Waals surface area contributed by atoms with E-state index in [9.17, 15) is 9.18 Å². The summed E-state index contributed by atoms with van der Waals surface area (Å²) in [5, 5.41) is 10.1. The van der Waals surface area contributed by atoms with Gasteiger partial charge in [0, 0.05) is 15.5 Å². The second kappa shape index (κ2) is 5.17. The van der Waals surface area contributed by atoms with Gasteiger partial charge in [0.05, 0.1) is 11.2 Å². The highest BCUT2D eigenvalue weighted by atomic mass is 79.9. The smallest absolute Gasteiger partial charge is 0.276 e. The van der Waals surface area contributed by atoms with Crippen molar-refractivity contribution in [2.75, 3.05) is 11.1 Å². The van der Waals surface area contributed by atoms with Crippen LogP contribution in [0.3, 0.4) is 0 Å². The summed E-state index contributed by atoms with van der Waals surface area (Å²) >= 11 is 3.20. The number of nitrogens with one attached hydrogen (secondary N) is 2. The first kappa shape index (κ1) is 13.6. The van der Waals surface area contributed by atoms with Crippen molar-refractivity contribution in [3.63, 3.8) is 0 Å². The Morgan fingerprint density at radius 1 is 1.29 bits per heavy atom. The number of anilines is 2. The molecule has 0 saturated heterocycles. The molecule has 3 rings (SSSR count). The fourth-order valence-corrected chi connectivity index (χ4v) is 2.43. The van der Waals surface area contributed by atoms with Gasteiger partial charge in [0.15, 0.2) is 5.69 Å². The summed E-state index contributed by atoms with van der Waals surface area (Å²) < 4.78 is 13.5. The van der Waals surface area contributed by atoms with Gasteiger partial charge in [0.1, 0.15) is 5.82 Å². The van der Waals surface area contributed by atoms with Crippen LogP contribution >= 0.6 is 15.9 Å². The summed E-state index contributed by atoms with van der Waals surface area (Å²) in [5.74, 6) is -0.794. The number of halogens is 2. The molecule has 0 bridgehead atoms. The van der Waals surface area contributed by atoms with E-state index >= 15 is 0 Å². The second-order valence-corrected chi connectivity index (χ2v) is 5.31. The molecule has 21 heavy (non-hydrogen) atoms. The quantitative estimate of drug-likeness (QED) is 0.621. The minimum atomic E-state index is -0.404. The van der Waals surface area contributed by atoms with Crippen molar-refractivity contribution in [1.29, 1.82) is 0 Å². The summed E-state index contributed by atoms with van der Waals surface area (Å²) in [4.78, 5) is 12.3. The number of nitrogen functional groups attached to an aromatic ring is 1. The molecular weight excluding hydrogens is 339 g/mol. The monoisotopic (exact) mass is 348 g/mol. The maximum absolute atomic E-state index is 13.0. The molecule has 5 nitrogen and oxygen atoms in total. The average molecular weight is 349 g/mol. The van der Waals surface area contributed by atoms with E-state index in [1.165, 1.54) is 18.2 Å². The van der Waals surface area contributed by atoms with Gasteiger partial charge in [-0.3, -0.25) is 9.89 Å². The van der Waals surface area contributed by atoms with Gasteiger partial charge >= 0.3 is 0 Å². The SMILES string of the molecule is Nc1ccc2[nH]nc(C(=O)Nc3ccc(F)cc3Br)c2c1. The van der Waals surface area contributed by atoms with Gasteiger partial charge in [-0.1, -0.05) is 0 Å². The van der Waals surface area contributed by atoms with Crippen molar-refractivity contribution in [2.45, 2.75) is 0 Å². The number of carbonyl (C=O) groups excluding carboxylic acids is 1. The first-order valence-electron chi connectivity index (χ1n) is 6.04. The molecular formula is C14H10BrFN4O. The van der Waals surface area contributed by atoms with E-state index in [4.69, 9.17) is 5.73 Å². The van der Waals surface area contributed by atoms with Gasteiger partial charge in [-0.2, -0.15) is 5.10 Å². The molecule has 3 aromatic rings. The molecule has 2 aromatic carbocycles. The fourth-order valence-electron chi connectivity index (χ4n) is 1.98. The third-order valence-corrected chi connectivity index (χ3v) is 3.64. The Morgan fingerprint density at radius 2 is 2.10 bits per heavy atom. The number of hydrogen-bond donors (Lipinski definition) is 3. The average Bonchev–Trinajstić information content (AvgIpc) is 2.85. The Labute approximate surface area is 127 Å². The molecule has 1 aromatic heterocycles. The summed E-state index contributed by atoms with van der Waals surface area (Å²) in [7, 11) is 0. The van der Waals surface area contributed by atoms with Crippen LogP contribution in [0.4, 0.5) is 15.8 Å². The van der Waals surface area contributed by atoms with Crippen molar-refractivity contribution in [3.8, 4) is 0 Å². The van der Waals surface area contributed by atoms with Crippen LogP contribution in [0, 0.1) is 5.82 Å². The highest BCUT2D eigenvalue weighted by Crippen LogP contribution is 2.25. The Balaban J connectivity index is 1.95. The molecule has 4 N–H and O–H groups in total. The Bertz CT molecular complexity index is 846. The number of fused-ring (bicyclic) bond motifs is 1. The van der Waals surface area contributed by atoms with Crippen LogP contribution in [0.1, 0.15) is 10.5 Å². The zero-order chi connectivity index (χ0) is 15.0. The molecule has 0 atom stereocenters. The largest absolute Gasteiger partial charge is 0.399 e. The lowest BCUT2D eigenvalue weighted by Gasteiger charge is -2.06. The third kappa shape index (κ3) is 2.59. The standard InChI is InChI=1S/C14H10BrFN4O/c15-10-5-7(16)1-3-12(10)18-14(21)13-9-6-8(17)2-4-11(9)19-20-13/h1-6H,17H2,(H,18,21)(H,19,20). The molecule has 0 aliphatic heterocycles. The maximum Gasteiger partial charge on any atom is 0.276 e. The van der Waals surface area contributed by atoms with E-state index in [0.717, 1.165) is 0 Å². The first-order valence-corrected chi connectivity index (χ1v) is 6.84. The normalized spacial score (nSPS) is 10.8. The number of amides is 1. The van der Waals surface area contributed by atoms with Crippen LogP contribution in [0.15, 0.2) is 40.9 Å². The number of H-pyrrole nitrogens is 1. The number of hydrogen-bond acceptors (Lipinski definition) is 3. The molecule has 106 valence electrons. The molecule has 0 aliphatic rings. The minimum Gasteiger partial charge on any atom is -0.399 e. The first-order chi connectivity index (χ1) is 10.0. The predicted molar refractivity (Wildman–Crippen MR) is 82.6 cm³/mol. The van der Waals surface area contributed by atoms with Crippen LogP contribution < -0.4 is 11.1 Å². The van der Waals surface area contributed by atoms with Crippen molar-refractivity contribution in [3.05, 3.63) is 52.4 Å². The zero-order valence-corrected chi connectivity index (χ0v) is 12.2. The second-order valence-electron chi connectivity index (χ2n) is 4.46. The minimum absolute atomic E-state index is 0.230. The van der Waals surface area contributed by atoms with Crippen LogP contribution in [0.2, 0.25) is 0 Å². The number of carbonyl (C=O) groups is 1. The highest BCUT2D eigenvalue weighted by molar-refractivity contribution is 9.10. The highest BCUT2D eigenvalue weighted by Gasteiger charge is 2.15. The Kier molecular flexibility index (Phi) is 3.34. The molecule has 0 radical (unpaired) electrons. The van der Waals surface area contributed by atoms with Crippen molar-refractivity contribution < 1.29 is 9.18 Å². The van der Waals surface area contributed by atoms with Gasteiger partial charge in [-0.25, -0.2) is 4.39 Å². The summed E-state index contributed by atoms with van der Waals surface area (Å²) in [6.07, 6.45) is 0. The van der Waals surface area contributed by atoms with E-state index in [2.05, 4.69) is 31.4 Å². The number of nitrogens with zero attached hydrogens (tertiary/aromatic N) is 1. The molecule has 0 unspecified atom stereocenters. The van der Waals surface area contributed by atoms with Crippen LogP contribution in [0.5, 0.6) is 0 Å². The van der Waals surface area contributed by atoms with Gasteiger partial charge in [0.2, 0.25) is 0 Å². The van der Waals surface area contributed by atoms with E-state index in [1.807, 2.05) is 0 Å². The molecule has 1 heterocycles. The number of aromatic nitrogens is 2. The third-order valence-electron chi connectivity index (χ3n) is 2.98. The molecule has 1 amide bonds. The molecule has 7 heteroatoms. The topological polar surface area (TPSA) is 83.8 Å². The fraction of sp³-hybridized carbons (Fsp3) is 0. The van der Waals surface area contributed by atoms with Crippen LogP contribution in [-0.4, -0.2) is 16.1 Å². The predicted octanol–water partition coefficient (Wildman–Crippen LogP) is 3.30. The lowest BCUT2D eigenvalue weighted by Crippen LogP contribution is -2.13. The number of rotatable bonds is 2. The molecule has 0 fully saturated rings. The van der Waals surface area contributed by atoms with Crippen LogP contribution in [-0.2, 0) is 0 Å². The Morgan fingerprint density at radius 3 is 2.86 bits per heavy atom. The lowest BCUT2D eigenvalue weighted by atomic mass is 10.2. The van der Waals surface area contributed by atoms with Crippen molar-refractivity contribution in [1.82, 2.24) is 10.2 Å². The summed E-state index contributed by atoms with van der Waals surface area (Å²) in [5.41, 5.74) is 7.67. The van der Waals surface area contributed by atoms with Crippen molar-refractivity contribution >= 4 is 44.1 Å². The van der Waals surface area contributed by atoms with Crippen LogP contribution in [0.25, 0.3) is 10.9 Å². The van der Waals surface area contributed by atoms with Crippen molar-refractivity contribution in [2.24, 2.45) is 0 Å². The van der Waals surface area contributed by atoms with E-state index in [1.54, 1.807) is 18.2 Å². The maximum atomic E-state index is 13.0. The summed E-state index contributed by atoms with van der Waals surface area (Å²) in [6.45, 7) is 0. The van der Waals surface area contributed by atoms with E-state index in [0.29, 0.717) is 26.8 Å². The number of benzene rings is 2. The summed E-state index contributed by atoms with van der Waals surface area (Å²) in [6, 6.07) is 9.16. The van der Waals surface area contributed by atoms with Gasteiger partial charge < -0.3 is 11.1 Å². The molecule has 0 saturated carbocycles. The molecule has 0 spiro atoms. The van der Waals surface area contributed by atoms with E-state index in [-0.39, 0.29) is 5.69 Å². The Hall–Kier alpha value is -2.41. The van der Waals surface area contributed by atoms with E-state index < -0.39 is 11.7 Å². The van der Waals surface area contributed by atoms with Gasteiger partial charge in [-0.15, -0.1) is 0 Å². The van der Waals surface area contributed by atoms with Gasteiger partial charge in [-0.05, 0) is 52.3 Å². The molecule has 0 aliphatic carbocycles. The zero-order valence-electron chi connectivity index (χ0n) is 10.7. The number of aromatic amines is 1. The number of nitrogens with two attached hydrogens (primary N) is 1.